The van der Waals surface area contributed by atoms with Crippen LogP contribution in [0.1, 0.15) is 0 Å². The lowest BCUT2D eigenvalue weighted by molar-refractivity contribution is 0.122. The Morgan fingerprint density at radius 2 is 1.97 bits per heavy atom. The van der Waals surface area contributed by atoms with Gasteiger partial charge in [0.25, 0.3) is 0 Å². The van der Waals surface area contributed by atoms with Crippen LogP contribution in [-0.4, -0.2) is 61.0 Å². The van der Waals surface area contributed by atoms with Gasteiger partial charge in [-0.05, 0) is 18.2 Å². The Morgan fingerprint density at radius 3 is 2.76 bits per heavy atom. The van der Waals surface area contributed by atoms with Crippen LogP contribution < -0.4 is 9.38 Å². The van der Waals surface area contributed by atoms with E-state index in [0.29, 0.717) is 28.5 Å². The number of benzene rings is 1. The smallest absolute Gasteiger partial charge is 0.195 e. The van der Waals surface area contributed by atoms with Crippen LogP contribution in [-0.2, 0) is 4.74 Å². The van der Waals surface area contributed by atoms with Crippen molar-refractivity contribution in [3.05, 3.63) is 53.8 Å². The van der Waals surface area contributed by atoms with E-state index < -0.39 is 0 Å². The number of hydrogen-bond acceptors (Lipinski definition) is 5. The Labute approximate surface area is 174 Å². The van der Waals surface area contributed by atoms with Crippen molar-refractivity contribution < 1.29 is 4.74 Å². The fraction of sp³-hybridized carbons (Fsp3) is 0.286. The normalized spacial score (nSPS) is 21.8. The summed E-state index contributed by atoms with van der Waals surface area (Å²) in [5.41, 5.74) is 2.14. The number of hydrogen-bond donors (Lipinski definition) is 0. The van der Waals surface area contributed by atoms with Gasteiger partial charge in [-0.15, -0.1) is 0 Å². The molecule has 1 atom stereocenters. The number of nitrogens with zero attached hydrogens (tertiary/aromatic N) is 6. The first-order chi connectivity index (χ1) is 14.1. The van der Waals surface area contributed by atoms with Crippen molar-refractivity contribution in [2.24, 2.45) is 4.99 Å². The molecular weight excluding hydrogens is 388 g/mol. The first kappa shape index (κ1) is 18.3. The molecule has 3 aromatic rings. The van der Waals surface area contributed by atoms with E-state index in [-0.39, 0.29) is 0 Å². The largest absolute Gasteiger partial charge is 0.378 e. The Hall–Kier alpha value is -2.74. The second kappa shape index (κ2) is 7.26. The van der Waals surface area contributed by atoms with Gasteiger partial charge in [-0.25, -0.2) is 19.1 Å². The van der Waals surface area contributed by atoms with E-state index in [1.807, 2.05) is 35.5 Å². The maximum atomic E-state index is 6.45. The summed E-state index contributed by atoms with van der Waals surface area (Å²) in [5, 5.41) is 6.38. The molecule has 7 nitrogen and oxygen atoms in total. The van der Waals surface area contributed by atoms with E-state index in [1.54, 1.807) is 0 Å². The number of pyridine rings is 1. The second-order valence-electron chi connectivity index (χ2n) is 7.47. The first-order valence-electron chi connectivity index (χ1n) is 9.67. The van der Waals surface area contributed by atoms with Gasteiger partial charge in [0.1, 0.15) is 18.1 Å². The SMILES string of the molecule is C[N+]1(c2cccc3c2cnn3-c2cc(Cl)cc(N3CCOCC3)n2)C=NC=CC1. The summed E-state index contributed by atoms with van der Waals surface area (Å²) < 4.78 is 7.91. The minimum atomic E-state index is 0.599. The average Bonchev–Trinajstić information content (AvgIpc) is 3.19. The molecule has 2 aliphatic rings. The molecule has 4 heterocycles. The molecule has 1 unspecified atom stereocenters. The third-order valence-electron chi connectivity index (χ3n) is 5.45. The van der Waals surface area contributed by atoms with Crippen molar-refractivity contribution in [2.75, 3.05) is 44.8 Å². The number of quaternary nitrogens is 1. The van der Waals surface area contributed by atoms with Gasteiger partial charge >= 0.3 is 0 Å². The molecule has 148 valence electrons. The molecule has 8 heteroatoms. The highest BCUT2D eigenvalue weighted by molar-refractivity contribution is 6.31. The standard InChI is InChI=1S/C21H22ClN6O/c1-28(9-3-6-23-15-28)19-5-2-4-18-17(19)14-24-27(18)21-13-16(22)12-20(25-21)26-7-10-29-11-8-26/h2-6,12-15H,7-11H2,1H3/q+1. The summed E-state index contributed by atoms with van der Waals surface area (Å²) >= 11 is 6.45. The molecule has 0 amide bonds. The summed E-state index contributed by atoms with van der Waals surface area (Å²) in [7, 11) is 2.15. The van der Waals surface area contributed by atoms with Crippen molar-refractivity contribution in [2.45, 2.75) is 0 Å². The topological polar surface area (TPSA) is 55.5 Å². The fourth-order valence-corrected chi connectivity index (χ4v) is 4.11. The molecule has 0 radical (unpaired) electrons. The van der Waals surface area contributed by atoms with Gasteiger partial charge in [0, 0.05) is 36.4 Å². The highest BCUT2D eigenvalue weighted by Gasteiger charge is 2.27. The Balaban J connectivity index is 1.60. The lowest BCUT2D eigenvalue weighted by atomic mass is 10.1. The minimum Gasteiger partial charge on any atom is -0.378 e. The van der Waals surface area contributed by atoms with Crippen LogP contribution in [0.15, 0.2) is 53.8 Å². The number of aromatic nitrogens is 3. The Kier molecular flexibility index (Phi) is 4.58. The third-order valence-corrected chi connectivity index (χ3v) is 5.67. The highest BCUT2D eigenvalue weighted by Crippen LogP contribution is 2.32. The maximum Gasteiger partial charge on any atom is 0.195 e. The number of ether oxygens (including phenoxy) is 1. The number of halogens is 1. The van der Waals surface area contributed by atoms with Crippen LogP contribution in [0.4, 0.5) is 11.5 Å². The molecule has 0 aliphatic carbocycles. The van der Waals surface area contributed by atoms with Crippen molar-refractivity contribution in [3.8, 4) is 5.82 Å². The summed E-state index contributed by atoms with van der Waals surface area (Å²) in [6, 6.07) is 10.00. The number of aliphatic imine (C=N–C) groups is 1. The lowest BCUT2D eigenvalue weighted by Gasteiger charge is -2.29. The van der Waals surface area contributed by atoms with Gasteiger partial charge < -0.3 is 9.64 Å². The van der Waals surface area contributed by atoms with Crippen molar-refractivity contribution >= 4 is 40.3 Å². The molecule has 0 N–H and O–H groups in total. The molecule has 1 saturated heterocycles. The van der Waals surface area contributed by atoms with Crippen LogP contribution in [0.2, 0.25) is 5.02 Å². The predicted octanol–water partition coefficient (Wildman–Crippen LogP) is 3.40. The molecular formula is C21H22ClN6O+. The van der Waals surface area contributed by atoms with Gasteiger partial charge in [0.15, 0.2) is 12.2 Å². The van der Waals surface area contributed by atoms with E-state index in [1.165, 1.54) is 0 Å². The zero-order valence-electron chi connectivity index (χ0n) is 16.2. The third kappa shape index (κ3) is 3.31. The minimum absolute atomic E-state index is 0.599. The summed E-state index contributed by atoms with van der Waals surface area (Å²) in [6.45, 7) is 3.86. The van der Waals surface area contributed by atoms with E-state index >= 15 is 0 Å². The first-order valence-corrected chi connectivity index (χ1v) is 10.0. The van der Waals surface area contributed by atoms with Gasteiger partial charge in [0.2, 0.25) is 0 Å². The molecule has 1 fully saturated rings. The molecule has 5 rings (SSSR count). The second-order valence-corrected chi connectivity index (χ2v) is 7.90. The number of anilines is 1. The van der Waals surface area contributed by atoms with Gasteiger partial charge in [-0.3, -0.25) is 0 Å². The zero-order chi connectivity index (χ0) is 19.8. The van der Waals surface area contributed by atoms with E-state index in [0.717, 1.165) is 42.0 Å². The molecule has 29 heavy (non-hydrogen) atoms. The van der Waals surface area contributed by atoms with Crippen molar-refractivity contribution in [1.82, 2.24) is 19.2 Å². The molecule has 1 aromatic carbocycles. The number of morpholine rings is 1. The zero-order valence-corrected chi connectivity index (χ0v) is 17.0. The Bertz CT molecular complexity index is 1120. The highest BCUT2D eigenvalue weighted by atomic mass is 35.5. The monoisotopic (exact) mass is 409 g/mol. The average molecular weight is 410 g/mol. The van der Waals surface area contributed by atoms with Crippen LogP contribution in [0, 0.1) is 0 Å². The quantitative estimate of drug-likeness (QED) is 0.622. The van der Waals surface area contributed by atoms with E-state index in [2.05, 4.69) is 46.3 Å². The van der Waals surface area contributed by atoms with Crippen molar-refractivity contribution in [3.63, 3.8) is 0 Å². The van der Waals surface area contributed by atoms with E-state index in [9.17, 15) is 0 Å². The number of fused-ring (bicyclic) bond motifs is 1. The Morgan fingerprint density at radius 1 is 1.14 bits per heavy atom. The molecule has 0 saturated carbocycles. The number of rotatable bonds is 3. The van der Waals surface area contributed by atoms with Gasteiger partial charge in [-0.1, -0.05) is 17.7 Å². The maximum absolute atomic E-state index is 6.45. The molecule has 0 spiro atoms. The van der Waals surface area contributed by atoms with Crippen LogP contribution in [0.3, 0.4) is 0 Å². The summed E-state index contributed by atoms with van der Waals surface area (Å²) in [6.07, 6.45) is 7.78. The lowest BCUT2D eigenvalue weighted by Crippen LogP contribution is -2.44. The van der Waals surface area contributed by atoms with Gasteiger partial charge in [0.05, 0.1) is 37.4 Å². The summed E-state index contributed by atoms with van der Waals surface area (Å²) in [4.78, 5) is 11.4. The van der Waals surface area contributed by atoms with Crippen LogP contribution >= 0.6 is 11.6 Å². The molecule has 2 aromatic heterocycles. The van der Waals surface area contributed by atoms with Crippen LogP contribution in [0.25, 0.3) is 16.7 Å². The predicted molar refractivity (Wildman–Crippen MR) is 117 cm³/mol. The molecule has 0 bridgehead atoms. The fourth-order valence-electron chi connectivity index (χ4n) is 3.92. The molecule has 2 aliphatic heterocycles. The number of likely N-dealkylation sites (N-methyl/N-ethyl adjacent to an activating group) is 1. The van der Waals surface area contributed by atoms with Gasteiger partial charge in [-0.2, -0.15) is 5.10 Å². The summed E-state index contributed by atoms with van der Waals surface area (Å²) in [5.74, 6) is 1.56. The van der Waals surface area contributed by atoms with E-state index in [4.69, 9.17) is 21.3 Å². The van der Waals surface area contributed by atoms with Crippen molar-refractivity contribution in [1.29, 1.82) is 0 Å². The van der Waals surface area contributed by atoms with Crippen LogP contribution in [0.5, 0.6) is 0 Å².